The van der Waals surface area contributed by atoms with Crippen molar-refractivity contribution in [3.8, 4) is 16.7 Å². The Hall–Kier alpha value is -4.63. The van der Waals surface area contributed by atoms with Gasteiger partial charge in [-0.15, -0.1) is 0 Å². The number of halogens is 3. The van der Waals surface area contributed by atoms with Crippen LogP contribution in [0.25, 0.3) is 5.57 Å². The maximum absolute atomic E-state index is 15.3. The van der Waals surface area contributed by atoms with E-state index in [2.05, 4.69) is 4.98 Å². The molecule has 3 heterocycles. The summed E-state index contributed by atoms with van der Waals surface area (Å²) in [5.41, 5.74) is 1.26. The normalized spacial score (nSPS) is 18.3. The average Bonchev–Trinajstić information content (AvgIpc) is 3.86. The maximum Gasteiger partial charge on any atom is 0.411 e. The van der Waals surface area contributed by atoms with Gasteiger partial charge in [0.2, 0.25) is 0 Å². The fourth-order valence-corrected chi connectivity index (χ4v) is 8.01. The van der Waals surface area contributed by atoms with Gasteiger partial charge in [0.1, 0.15) is 30.2 Å². The third-order valence-corrected chi connectivity index (χ3v) is 10.9. The maximum atomic E-state index is 15.3. The molecule has 2 unspecified atom stereocenters. The Bertz CT molecular complexity index is 2040. The lowest BCUT2D eigenvalue weighted by Crippen LogP contribution is -2.66. The van der Waals surface area contributed by atoms with E-state index in [4.69, 9.17) is 35.3 Å². The van der Waals surface area contributed by atoms with Gasteiger partial charge in [-0.25, -0.2) is 23.4 Å². The van der Waals surface area contributed by atoms with Crippen LogP contribution in [0.2, 0.25) is 5.02 Å². The van der Waals surface area contributed by atoms with Crippen LogP contribution in [0.4, 0.5) is 18.4 Å². The third-order valence-electron chi connectivity index (χ3n) is 9.68. The van der Waals surface area contributed by atoms with Crippen LogP contribution in [-0.2, 0) is 20.8 Å². The minimum atomic E-state index is -1.01. The Balaban J connectivity index is 1.38. The number of methoxy groups -OCH3 is 1. The molecule has 2 bridgehead atoms. The molecule has 12 nitrogen and oxygen atoms in total. The number of thiazole rings is 1. The molecule has 3 amide bonds. The number of hydrogen-bond donors (Lipinski definition) is 0. The Kier molecular flexibility index (Phi) is 12.3. The van der Waals surface area contributed by atoms with E-state index in [0.717, 1.165) is 36.1 Å². The summed E-state index contributed by atoms with van der Waals surface area (Å²) in [6.45, 7) is 12.8. The molecule has 1 aromatic heterocycles. The molecule has 2 aliphatic heterocycles. The van der Waals surface area contributed by atoms with Gasteiger partial charge in [0.05, 0.1) is 29.1 Å². The highest BCUT2D eigenvalue weighted by molar-refractivity contribution is 7.14. The Morgan fingerprint density at radius 2 is 1.65 bits per heavy atom. The quantitative estimate of drug-likeness (QED) is 0.139. The van der Waals surface area contributed by atoms with Crippen LogP contribution in [0.15, 0.2) is 42.1 Å². The molecular weight excluding hydrogens is 782 g/mol. The Labute approximate surface area is 340 Å². The zero-order valence-corrected chi connectivity index (χ0v) is 35.0. The number of benzene rings is 2. The standard InChI is InChI=1S/C41H49ClF2N4O8S/c1-23-24(10-9-11-31(23)52-8)20-47(25-12-13-25)36(49)33-27(32-19-45-37(57-32)54-17-16-53-35-29(43)15-14-28(42)34(35)44)18-26-21-46(38(50)55-40(2,3)4)22-30(33)48(26)39(51)56-41(5,6)7/h9-11,14-15,19,25-26,30H,12-13,16-18,20-22H2,1-8H3. The number of aromatic nitrogens is 1. The lowest BCUT2D eigenvalue weighted by atomic mass is 9.83. The molecular formula is C41H49ClF2N4O8S. The molecule has 3 aliphatic rings. The second kappa shape index (κ2) is 16.7. The van der Waals surface area contributed by atoms with E-state index in [9.17, 15) is 18.4 Å². The van der Waals surface area contributed by atoms with E-state index in [1.54, 1.807) is 64.6 Å². The van der Waals surface area contributed by atoms with Crippen molar-refractivity contribution in [2.45, 2.75) is 104 Å². The summed E-state index contributed by atoms with van der Waals surface area (Å²) in [6, 6.07) is 6.35. The summed E-state index contributed by atoms with van der Waals surface area (Å²) >= 11 is 6.98. The first-order chi connectivity index (χ1) is 26.8. The van der Waals surface area contributed by atoms with Gasteiger partial charge in [-0.05, 0) is 103 Å². The van der Waals surface area contributed by atoms with E-state index in [1.807, 2.05) is 30.0 Å². The summed E-state index contributed by atoms with van der Waals surface area (Å²) in [5.74, 6) is -2.07. The number of rotatable bonds is 11. The highest BCUT2D eigenvalue weighted by Crippen LogP contribution is 2.44. The highest BCUT2D eigenvalue weighted by Gasteiger charge is 2.51. The van der Waals surface area contributed by atoms with Crippen LogP contribution >= 0.6 is 22.9 Å². The van der Waals surface area contributed by atoms with Gasteiger partial charge in [-0.3, -0.25) is 9.69 Å². The number of fused-ring (bicyclic) bond motifs is 2. The molecule has 1 saturated carbocycles. The van der Waals surface area contributed by atoms with Gasteiger partial charge < -0.3 is 33.5 Å². The summed E-state index contributed by atoms with van der Waals surface area (Å²) in [4.78, 5) is 53.1. The Morgan fingerprint density at radius 3 is 2.32 bits per heavy atom. The van der Waals surface area contributed by atoms with E-state index in [-0.39, 0.29) is 54.9 Å². The van der Waals surface area contributed by atoms with Crippen molar-refractivity contribution in [3.63, 3.8) is 0 Å². The predicted octanol–water partition coefficient (Wildman–Crippen LogP) is 8.42. The van der Waals surface area contributed by atoms with Crippen molar-refractivity contribution in [1.29, 1.82) is 0 Å². The summed E-state index contributed by atoms with van der Waals surface area (Å²) in [5, 5.41) is -0.0350. The lowest BCUT2D eigenvalue weighted by molar-refractivity contribution is -0.129. The third kappa shape index (κ3) is 9.74. The molecule has 16 heteroatoms. The first-order valence-electron chi connectivity index (χ1n) is 18.9. The molecule has 0 N–H and O–H groups in total. The van der Waals surface area contributed by atoms with Crippen LogP contribution in [0, 0.1) is 18.6 Å². The number of amides is 3. The fraction of sp³-hybridized carbons (Fsp3) is 0.512. The summed E-state index contributed by atoms with van der Waals surface area (Å²) in [6.07, 6.45) is 2.30. The largest absolute Gasteiger partial charge is 0.496 e. The molecule has 0 radical (unpaired) electrons. The van der Waals surface area contributed by atoms with Crippen LogP contribution in [-0.4, -0.2) is 101 Å². The van der Waals surface area contributed by atoms with Crippen molar-refractivity contribution in [2.75, 3.05) is 33.4 Å². The smallest absolute Gasteiger partial charge is 0.411 e. The van der Waals surface area contributed by atoms with E-state index < -0.39 is 52.9 Å². The van der Waals surface area contributed by atoms with Crippen LogP contribution in [0.1, 0.15) is 76.8 Å². The van der Waals surface area contributed by atoms with Crippen molar-refractivity contribution in [3.05, 3.63) is 74.8 Å². The second-order valence-electron chi connectivity index (χ2n) is 16.3. The minimum Gasteiger partial charge on any atom is -0.496 e. The molecule has 308 valence electrons. The van der Waals surface area contributed by atoms with Gasteiger partial charge >= 0.3 is 12.2 Å². The summed E-state index contributed by atoms with van der Waals surface area (Å²) < 4.78 is 57.0. The topological polar surface area (TPSA) is 120 Å². The first-order valence-corrected chi connectivity index (χ1v) is 20.1. The zero-order valence-electron chi connectivity index (χ0n) is 33.4. The number of carbonyl (C=O) groups is 3. The van der Waals surface area contributed by atoms with Gasteiger partial charge in [-0.1, -0.05) is 35.1 Å². The number of nitrogens with zero attached hydrogens (tertiary/aromatic N) is 4. The number of hydrogen-bond acceptors (Lipinski definition) is 10. The van der Waals surface area contributed by atoms with E-state index in [0.29, 0.717) is 28.3 Å². The first kappa shape index (κ1) is 42.0. The number of carbonyl (C=O) groups excluding carboxylic acids is 3. The van der Waals surface area contributed by atoms with Crippen molar-refractivity contribution >= 4 is 46.6 Å². The molecule has 0 spiro atoms. The van der Waals surface area contributed by atoms with Crippen molar-refractivity contribution < 1.29 is 46.8 Å². The van der Waals surface area contributed by atoms with Gasteiger partial charge in [-0.2, -0.15) is 0 Å². The van der Waals surface area contributed by atoms with Gasteiger partial charge in [0, 0.05) is 37.4 Å². The van der Waals surface area contributed by atoms with E-state index in [1.165, 1.54) is 11.3 Å². The van der Waals surface area contributed by atoms with Crippen LogP contribution in [0.3, 0.4) is 0 Å². The molecule has 57 heavy (non-hydrogen) atoms. The molecule has 6 rings (SSSR count). The van der Waals surface area contributed by atoms with Gasteiger partial charge in [0.15, 0.2) is 17.4 Å². The number of piperazine rings is 1. The fourth-order valence-electron chi connectivity index (χ4n) is 7.00. The molecule has 2 fully saturated rings. The molecule has 1 saturated heterocycles. The molecule has 2 atom stereocenters. The SMILES string of the molecule is COc1cccc(CN(C(=O)C2=C(c3cnc(OCCOc4c(F)ccc(Cl)c4F)s3)CC3CN(C(=O)OC(C)(C)C)CC2N3C(=O)OC(C)(C)C)C2CC2)c1C. The zero-order chi connectivity index (χ0) is 41.4. The molecule has 1 aliphatic carbocycles. The molecule has 3 aromatic rings. The monoisotopic (exact) mass is 830 g/mol. The molecule has 2 aromatic carbocycles. The highest BCUT2D eigenvalue weighted by atomic mass is 35.5. The summed E-state index contributed by atoms with van der Waals surface area (Å²) in [7, 11) is 1.61. The van der Waals surface area contributed by atoms with Gasteiger partial charge in [0.25, 0.3) is 11.1 Å². The Morgan fingerprint density at radius 1 is 0.965 bits per heavy atom. The van der Waals surface area contributed by atoms with Crippen molar-refractivity contribution in [1.82, 2.24) is 19.7 Å². The minimum absolute atomic E-state index is 0.0119. The lowest BCUT2D eigenvalue weighted by Gasteiger charge is -2.51. The second-order valence-corrected chi connectivity index (χ2v) is 17.7. The van der Waals surface area contributed by atoms with Crippen molar-refractivity contribution in [2.24, 2.45) is 0 Å². The number of ether oxygens (including phenoxy) is 5. The average molecular weight is 831 g/mol. The van der Waals surface area contributed by atoms with Crippen LogP contribution in [0.5, 0.6) is 16.7 Å². The van der Waals surface area contributed by atoms with Crippen LogP contribution < -0.4 is 14.2 Å². The predicted molar refractivity (Wildman–Crippen MR) is 211 cm³/mol. The van der Waals surface area contributed by atoms with E-state index >= 15 is 4.79 Å².